The Kier molecular flexibility index (Phi) is 4.69. The van der Waals surface area contributed by atoms with E-state index >= 15 is 0 Å². The van der Waals surface area contributed by atoms with E-state index in [1.807, 2.05) is 0 Å². The monoisotopic (exact) mass is 333 g/mol. The molecule has 0 amide bonds. The number of hydrogen-bond acceptors (Lipinski definition) is 5. The number of benzene rings is 1. The molecule has 2 rings (SSSR count). The molecule has 21 heavy (non-hydrogen) atoms. The summed E-state index contributed by atoms with van der Waals surface area (Å²) in [7, 11) is -3.83. The van der Waals surface area contributed by atoms with Crippen molar-refractivity contribution in [2.75, 3.05) is 19.7 Å². The van der Waals surface area contributed by atoms with Crippen LogP contribution in [-0.2, 0) is 10.0 Å². The number of aliphatic hydroxyl groups is 2. The molecule has 1 aromatic rings. The van der Waals surface area contributed by atoms with Gasteiger partial charge in [0.15, 0.2) is 0 Å². The van der Waals surface area contributed by atoms with Gasteiger partial charge in [-0.05, 0) is 25.0 Å². The largest absolute Gasteiger partial charge is 0.393 e. The first-order valence-electron chi connectivity index (χ1n) is 6.40. The molecule has 1 aliphatic heterocycles. The van der Waals surface area contributed by atoms with E-state index in [-0.39, 0.29) is 41.4 Å². The SMILES string of the molecule is O=Cc1ccc(Cl)c(S(=O)(=O)N2CCC(O)(CO)CC2)c1. The van der Waals surface area contributed by atoms with Crippen LogP contribution in [0.1, 0.15) is 23.2 Å². The highest BCUT2D eigenvalue weighted by Gasteiger charge is 2.37. The number of rotatable bonds is 4. The summed E-state index contributed by atoms with van der Waals surface area (Å²) in [5.41, 5.74) is -1.01. The van der Waals surface area contributed by atoms with Gasteiger partial charge in [-0.25, -0.2) is 8.42 Å². The van der Waals surface area contributed by atoms with Crippen molar-refractivity contribution in [1.82, 2.24) is 4.31 Å². The van der Waals surface area contributed by atoms with E-state index in [0.29, 0.717) is 6.29 Å². The molecule has 1 aliphatic rings. The van der Waals surface area contributed by atoms with Gasteiger partial charge < -0.3 is 10.2 Å². The normalized spacial score (nSPS) is 19.4. The van der Waals surface area contributed by atoms with Gasteiger partial charge >= 0.3 is 0 Å². The summed E-state index contributed by atoms with van der Waals surface area (Å²) in [5, 5.41) is 19.1. The van der Waals surface area contributed by atoms with Crippen LogP contribution in [-0.4, -0.2) is 54.5 Å². The lowest BCUT2D eigenvalue weighted by Gasteiger charge is -2.36. The van der Waals surface area contributed by atoms with E-state index in [1.165, 1.54) is 22.5 Å². The van der Waals surface area contributed by atoms with Crippen LogP contribution >= 0.6 is 11.6 Å². The van der Waals surface area contributed by atoms with Crippen LogP contribution in [0.4, 0.5) is 0 Å². The Labute approximate surface area is 128 Å². The second-order valence-electron chi connectivity index (χ2n) is 5.09. The lowest BCUT2D eigenvalue weighted by atomic mass is 9.94. The molecule has 0 aromatic heterocycles. The Balaban J connectivity index is 2.29. The number of hydrogen-bond donors (Lipinski definition) is 2. The van der Waals surface area contributed by atoms with Crippen LogP contribution in [0.5, 0.6) is 0 Å². The smallest absolute Gasteiger partial charge is 0.244 e. The minimum Gasteiger partial charge on any atom is -0.393 e. The van der Waals surface area contributed by atoms with E-state index < -0.39 is 22.2 Å². The van der Waals surface area contributed by atoms with Crippen LogP contribution in [0.25, 0.3) is 0 Å². The zero-order chi connectivity index (χ0) is 15.7. The minimum absolute atomic E-state index is 0.0450. The molecule has 116 valence electrons. The van der Waals surface area contributed by atoms with Crippen LogP contribution in [0.2, 0.25) is 5.02 Å². The van der Waals surface area contributed by atoms with Crippen LogP contribution < -0.4 is 0 Å². The Hall–Kier alpha value is -0.990. The third-order valence-corrected chi connectivity index (χ3v) is 6.04. The number of halogens is 1. The van der Waals surface area contributed by atoms with Crippen LogP contribution in [0.15, 0.2) is 23.1 Å². The summed E-state index contributed by atoms with van der Waals surface area (Å²) >= 11 is 5.93. The van der Waals surface area contributed by atoms with Crippen molar-refractivity contribution in [2.24, 2.45) is 0 Å². The highest BCUT2D eigenvalue weighted by Crippen LogP contribution is 2.30. The van der Waals surface area contributed by atoms with Gasteiger partial charge in [0.1, 0.15) is 11.2 Å². The van der Waals surface area contributed by atoms with Crippen LogP contribution in [0, 0.1) is 0 Å². The standard InChI is InChI=1S/C13H16ClNO5S/c14-11-2-1-10(8-16)7-12(11)21(19,20)15-5-3-13(18,9-17)4-6-15/h1-2,7-8,17-18H,3-6,9H2. The molecule has 0 radical (unpaired) electrons. The van der Waals surface area contributed by atoms with Gasteiger partial charge in [0.25, 0.3) is 0 Å². The second-order valence-corrected chi connectivity index (χ2v) is 7.41. The number of aldehydes is 1. The van der Waals surface area contributed by atoms with Crippen molar-refractivity contribution >= 4 is 27.9 Å². The summed E-state index contributed by atoms with van der Waals surface area (Å²) in [4.78, 5) is 10.7. The van der Waals surface area contributed by atoms with Crippen molar-refractivity contribution in [2.45, 2.75) is 23.3 Å². The summed E-state index contributed by atoms with van der Waals surface area (Å²) in [5.74, 6) is 0. The molecule has 8 heteroatoms. The highest BCUT2D eigenvalue weighted by atomic mass is 35.5. The van der Waals surface area contributed by atoms with Gasteiger partial charge in [-0.1, -0.05) is 17.7 Å². The van der Waals surface area contributed by atoms with Crippen molar-refractivity contribution < 1.29 is 23.4 Å². The molecular weight excluding hydrogens is 318 g/mol. The number of carbonyl (C=O) groups is 1. The molecule has 0 bridgehead atoms. The first-order chi connectivity index (χ1) is 9.82. The van der Waals surface area contributed by atoms with Gasteiger partial charge in [0.2, 0.25) is 10.0 Å². The number of sulfonamides is 1. The van der Waals surface area contributed by atoms with E-state index in [1.54, 1.807) is 0 Å². The average molecular weight is 334 g/mol. The average Bonchev–Trinajstić information content (AvgIpc) is 2.48. The fraction of sp³-hybridized carbons (Fsp3) is 0.462. The van der Waals surface area contributed by atoms with Gasteiger partial charge in [0.05, 0.1) is 17.2 Å². The Morgan fingerprint density at radius 1 is 1.33 bits per heavy atom. The van der Waals surface area contributed by atoms with Crippen molar-refractivity contribution in [1.29, 1.82) is 0 Å². The lowest BCUT2D eigenvalue weighted by molar-refractivity contribution is -0.0480. The third-order valence-electron chi connectivity index (χ3n) is 3.66. The number of nitrogens with zero attached hydrogens (tertiary/aromatic N) is 1. The molecule has 0 atom stereocenters. The van der Waals surface area contributed by atoms with Gasteiger partial charge in [0, 0.05) is 18.7 Å². The molecule has 1 heterocycles. The maximum absolute atomic E-state index is 12.6. The van der Waals surface area contributed by atoms with Crippen molar-refractivity contribution in [3.05, 3.63) is 28.8 Å². The zero-order valence-electron chi connectivity index (χ0n) is 11.2. The molecule has 0 saturated carbocycles. The Morgan fingerprint density at radius 3 is 2.48 bits per heavy atom. The molecule has 0 aliphatic carbocycles. The Bertz CT molecular complexity index is 638. The topological polar surface area (TPSA) is 94.9 Å². The number of piperidine rings is 1. The first-order valence-corrected chi connectivity index (χ1v) is 8.22. The number of carbonyl (C=O) groups excluding carboxylic acids is 1. The molecule has 1 aromatic carbocycles. The van der Waals surface area contributed by atoms with E-state index in [9.17, 15) is 18.3 Å². The quantitative estimate of drug-likeness (QED) is 0.789. The first kappa shape index (κ1) is 16.4. The van der Waals surface area contributed by atoms with E-state index in [2.05, 4.69) is 0 Å². The summed E-state index contributed by atoms with van der Waals surface area (Å²) < 4.78 is 26.3. The second kappa shape index (κ2) is 6.02. The Morgan fingerprint density at radius 2 is 1.95 bits per heavy atom. The van der Waals surface area contributed by atoms with Crippen molar-refractivity contribution in [3.8, 4) is 0 Å². The zero-order valence-corrected chi connectivity index (χ0v) is 12.8. The maximum atomic E-state index is 12.6. The fourth-order valence-corrected chi connectivity index (χ4v) is 4.18. The van der Waals surface area contributed by atoms with Crippen LogP contribution in [0.3, 0.4) is 0 Å². The van der Waals surface area contributed by atoms with E-state index in [4.69, 9.17) is 16.7 Å². The predicted octanol–water partition coefficient (Wildman–Crippen LogP) is 0.660. The lowest BCUT2D eigenvalue weighted by Crippen LogP contribution is -2.48. The highest BCUT2D eigenvalue weighted by molar-refractivity contribution is 7.89. The summed E-state index contributed by atoms with van der Waals surface area (Å²) in [6, 6.07) is 4.04. The van der Waals surface area contributed by atoms with Crippen molar-refractivity contribution in [3.63, 3.8) is 0 Å². The fourth-order valence-electron chi connectivity index (χ4n) is 2.23. The van der Waals surface area contributed by atoms with Gasteiger partial charge in [-0.2, -0.15) is 4.31 Å². The third kappa shape index (κ3) is 3.27. The molecular formula is C13H16ClNO5S. The summed E-state index contributed by atoms with van der Waals surface area (Å²) in [6.45, 7) is -0.232. The molecule has 1 fully saturated rings. The maximum Gasteiger partial charge on any atom is 0.244 e. The molecule has 1 saturated heterocycles. The minimum atomic E-state index is -3.83. The molecule has 0 unspecified atom stereocenters. The molecule has 0 spiro atoms. The summed E-state index contributed by atoms with van der Waals surface area (Å²) in [6.07, 6.45) is 0.845. The molecule has 2 N–H and O–H groups in total. The van der Waals surface area contributed by atoms with Gasteiger partial charge in [-0.15, -0.1) is 0 Å². The molecule has 6 nitrogen and oxygen atoms in total. The number of aliphatic hydroxyl groups excluding tert-OH is 1. The predicted molar refractivity (Wildman–Crippen MR) is 76.9 cm³/mol. The van der Waals surface area contributed by atoms with Gasteiger partial charge in [-0.3, -0.25) is 4.79 Å². The van der Waals surface area contributed by atoms with E-state index in [0.717, 1.165) is 0 Å².